The molecule has 17 heavy (non-hydrogen) atoms. The molecule has 0 atom stereocenters. The molecule has 0 saturated heterocycles. The average Bonchev–Trinajstić information content (AvgIpc) is 2.93. The predicted molar refractivity (Wildman–Crippen MR) is 66.5 cm³/mol. The van der Waals surface area contributed by atoms with Crippen molar-refractivity contribution in [1.29, 1.82) is 0 Å². The second-order valence-electron chi connectivity index (χ2n) is 4.13. The summed E-state index contributed by atoms with van der Waals surface area (Å²) in [5, 5.41) is 9.18. The molecule has 3 aromatic rings. The molecule has 0 amide bonds. The Morgan fingerprint density at radius 3 is 2.94 bits per heavy atom. The van der Waals surface area contributed by atoms with Crippen LogP contribution in [0.2, 0.25) is 0 Å². The van der Waals surface area contributed by atoms with E-state index in [1.165, 1.54) is 0 Å². The molecule has 4 heteroatoms. The predicted octanol–water partition coefficient (Wildman–Crippen LogP) is 2.36. The second-order valence-corrected chi connectivity index (χ2v) is 4.13. The first kappa shape index (κ1) is 10.1. The molecular formula is C13H13N3O. The van der Waals surface area contributed by atoms with Gasteiger partial charge in [0.15, 0.2) is 0 Å². The lowest BCUT2D eigenvalue weighted by molar-refractivity contribution is 0.281. The lowest BCUT2D eigenvalue weighted by Gasteiger charge is -1.97. The Morgan fingerprint density at radius 2 is 2.18 bits per heavy atom. The van der Waals surface area contributed by atoms with Crippen molar-refractivity contribution in [1.82, 2.24) is 15.0 Å². The molecule has 0 aliphatic rings. The van der Waals surface area contributed by atoms with Gasteiger partial charge in [0.05, 0.1) is 24.0 Å². The molecule has 3 rings (SSSR count). The molecule has 1 aromatic carbocycles. The number of rotatable bonds is 2. The smallest absolute Gasteiger partial charge is 0.0931 e. The van der Waals surface area contributed by atoms with Crippen LogP contribution in [0.15, 0.2) is 30.6 Å². The maximum Gasteiger partial charge on any atom is 0.0931 e. The van der Waals surface area contributed by atoms with Crippen molar-refractivity contribution in [2.45, 2.75) is 13.5 Å². The fourth-order valence-electron chi connectivity index (χ4n) is 2.02. The summed E-state index contributed by atoms with van der Waals surface area (Å²) in [6, 6.07) is 8.03. The molecule has 0 aliphatic carbocycles. The van der Waals surface area contributed by atoms with E-state index in [-0.39, 0.29) is 6.61 Å². The van der Waals surface area contributed by atoms with Gasteiger partial charge in [-0.15, -0.1) is 0 Å². The van der Waals surface area contributed by atoms with Gasteiger partial charge in [-0.25, -0.2) is 4.98 Å². The van der Waals surface area contributed by atoms with Crippen molar-refractivity contribution >= 4 is 11.0 Å². The lowest BCUT2D eigenvalue weighted by Crippen LogP contribution is -1.81. The van der Waals surface area contributed by atoms with E-state index in [0.717, 1.165) is 33.5 Å². The van der Waals surface area contributed by atoms with Crippen LogP contribution in [-0.2, 0) is 6.61 Å². The van der Waals surface area contributed by atoms with E-state index in [1.807, 2.05) is 25.1 Å². The van der Waals surface area contributed by atoms with Gasteiger partial charge in [-0.2, -0.15) is 0 Å². The summed E-state index contributed by atoms with van der Waals surface area (Å²) in [7, 11) is 0. The van der Waals surface area contributed by atoms with Gasteiger partial charge in [-0.05, 0) is 30.7 Å². The Bertz CT molecular complexity index is 666. The van der Waals surface area contributed by atoms with Gasteiger partial charge in [0.1, 0.15) is 0 Å². The van der Waals surface area contributed by atoms with Crippen LogP contribution in [0.1, 0.15) is 11.3 Å². The van der Waals surface area contributed by atoms with Gasteiger partial charge in [-0.3, -0.25) is 0 Å². The van der Waals surface area contributed by atoms with Gasteiger partial charge >= 0.3 is 0 Å². The third-order valence-corrected chi connectivity index (χ3v) is 3.02. The van der Waals surface area contributed by atoms with Crippen LogP contribution >= 0.6 is 0 Å². The number of H-pyrrole nitrogens is 2. The van der Waals surface area contributed by atoms with Gasteiger partial charge in [-0.1, -0.05) is 6.07 Å². The molecule has 0 spiro atoms. The van der Waals surface area contributed by atoms with Crippen LogP contribution in [-0.4, -0.2) is 20.1 Å². The van der Waals surface area contributed by atoms with Crippen molar-refractivity contribution in [3.05, 3.63) is 41.9 Å². The maximum atomic E-state index is 9.18. The largest absolute Gasteiger partial charge is 0.392 e. The normalized spacial score (nSPS) is 11.2. The molecule has 0 fully saturated rings. The van der Waals surface area contributed by atoms with E-state index >= 15 is 0 Å². The van der Waals surface area contributed by atoms with Crippen molar-refractivity contribution in [3.63, 3.8) is 0 Å². The van der Waals surface area contributed by atoms with Crippen molar-refractivity contribution < 1.29 is 5.11 Å². The number of hydrogen-bond donors (Lipinski definition) is 3. The maximum absolute atomic E-state index is 9.18. The molecule has 0 unspecified atom stereocenters. The number of hydrogen-bond acceptors (Lipinski definition) is 2. The van der Waals surface area contributed by atoms with Crippen LogP contribution in [0.25, 0.3) is 22.3 Å². The first-order valence-electron chi connectivity index (χ1n) is 5.51. The minimum absolute atomic E-state index is 0.0641. The Labute approximate surface area is 98.3 Å². The number of aliphatic hydroxyl groups excluding tert-OH is 1. The monoisotopic (exact) mass is 227 g/mol. The highest BCUT2D eigenvalue weighted by molar-refractivity contribution is 5.80. The zero-order valence-corrected chi connectivity index (χ0v) is 9.49. The van der Waals surface area contributed by atoms with Gasteiger partial charge in [0.25, 0.3) is 0 Å². The summed E-state index contributed by atoms with van der Waals surface area (Å²) in [5.74, 6) is 0. The molecule has 0 saturated carbocycles. The Balaban J connectivity index is 2.12. The van der Waals surface area contributed by atoms with Crippen LogP contribution < -0.4 is 0 Å². The highest BCUT2D eigenvalue weighted by atomic mass is 16.3. The SMILES string of the molecule is Cc1[nH]c(-c2ccc3nc[nH]c3c2)cc1CO. The summed E-state index contributed by atoms with van der Waals surface area (Å²) >= 11 is 0. The van der Waals surface area contributed by atoms with Crippen LogP contribution in [0.5, 0.6) is 0 Å². The molecule has 2 heterocycles. The third-order valence-electron chi connectivity index (χ3n) is 3.02. The van der Waals surface area contributed by atoms with Crippen molar-refractivity contribution in [2.75, 3.05) is 0 Å². The molecule has 86 valence electrons. The highest BCUT2D eigenvalue weighted by Crippen LogP contribution is 2.24. The van der Waals surface area contributed by atoms with Gasteiger partial charge in [0.2, 0.25) is 0 Å². The van der Waals surface area contributed by atoms with E-state index in [9.17, 15) is 5.11 Å². The zero-order chi connectivity index (χ0) is 11.8. The number of nitrogens with zero attached hydrogens (tertiary/aromatic N) is 1. The summed E-state index contributed by atoms with van der Waals surface area (Å²) in [5.41, 5.74) is 6.02. The topological polar surface area (TPSA) is 64.7 Å². The lowest BCUT2D eigenvalue weighted by atomic mass is 10.1. The fourth-order valence-corrected chi connectivity index (χ4v) is 2.02. The molecule has 4 nitrogen and oxygen atoms in total. The zero-order valence-electron chi connectivity index (χ0n) is 9.49. The Hall–Kier alpha value is -2.07. The summed E-state index contributed by atoms with van der Waals surface area (Å²) in [6.07, 6.45) is 1.69. The number of fused-ring (bicyclic) bond motifs is 1. The first-order valence-corrected chi connectivity index (χ1v) is 5.51. The van der Waals surface area contributed by atoms with Crippen molar-refractivity contribution in [2.24, 2.45) is 0 Å². The molecule has 0 bridgehead atoms. The molecule has 0 aliphatic heterocycles. The molecule has 3 N–H and O–H groups in total. The highest BCUT2D eigenvalue weighted by Gasteiger charge is 2.06. The van der Waals surface area contributed by atoms with E-state index in [2.05, 4.69) is 21.0 Å². The number of aromatic amines is 2. The summed E-state index contributed by atoms with van der Waals surface area (Å²) < 4.78 is 0. The van der Waals surface area contributed by atoms with E-state index in [0.29, 0.717) is 0 Å². The number of aliphatic hydroxyl groups is 1. The number of aryl methyl sites for hydroxylation is 1. The number of benzene rings is 1. The minimum atomic E-state index is 0.0641. The standard InChI is InChI=1S/C13H13N3O/c1-8-10(6-17)5-12(16-8)9-2-3-11-13(4-9)15-7-14-11/h2-5,7,16-17H,6H2,1H3,(H,14,15). The molecular weight excluding hydrogens is 214 g/mol. The molecule has 0 radical (unpaired) electrons. The van der Waals surface area contributed by atoms with Crippen molar-refractivity contribution in [3.8, 4) is 11.3 Å². The minimum Gasteiger partial charge on any atom is -0.392 e. The first-order chi connectivity index (χ1) is 8.28. The third kappa shape index (κ3) is 1.62. The summed E-state index contributed by atoms with van der Waals surface area (Å²) in [6.45, 7) is 2.03. The van der Waals surface area contributed by atoms with E-state index in [1.54, 1.807) is 6.33 Å². The van der Waals surface area contributed by atoms with Crippen LogP contribution in [0.4, 0.5) is 0 Å². The fraction of sp³-hybridized carbons (Fsp3) is 0.154. The van der Waals surface area contributed by atoms with Crippen LogP contribution in [0, 0.1) is 6.92 Å². The Kier molecular flexibility index (Phi) is 2.23. The van der Waals surface area contributed by atoms with E-state index in [4.69, 9.17) is 0 Å². The quantitative estimate of drug-likeness (QED) is 0.629. The van der Waals surface area contributed by atoms with Gasteiger partial charge in [0, 0.05) is 17.0 Å². The van der Waals surface area contributed by atoms with Gasteiger partial charge < -0.3 is 15.1 Å². The second kappa shape index (κ2) is 3.75. The Morgan fingerprint density at radius 1 is 1.29 bits per heavy atom. The van der Waals surface area contributed by atoms with Crippen LogP contribution in [0.3, 0.4) is 0 Å². The van der Waals surface area contributed by atoms with E-state index < -0.39 is 0 Å². The number of aromatic nitrogens is 3. The average molecular weight is 227 g/mol. The number of nitrogens with one attached hydrogen (secondary N) is 2. The number of imidazole rings is 1. The summed E-state index contributed by atoms with van der Waals surface area (Å²) in [4.78, 5) is 10.6. The molecule has 2 aromatic heterocycles.